The number of ether oxygens (including phenoxy) is 2. The maximum absolute atomic E-state index is 10.9. The van der Waals surface area contributed by atoms with Crippen molar-refractivity contribution >= 4 is 16.6 Å². The third-order valence-electron chi connectivity index (χ3n) is 1.56. The van der Waals surface area contributed by atoms with E-state index in [1.807, 2.05) is 0 Å². The van der Waals surface area contributed by atoms with Crippen molar-refractivity contribution in [3.05, 3.63) is 18.2 Å². The van der Waals surface area contributed by atoms with Crippen LogP contribution in [0, 0.1) is 0 Å². The summed E-state index contributed by atoms with van der Waals surface area (Å²) in [6, 6.07) is 4.02. The van der Waals surface area contributed by atoms with E-state index in [2.05, 4.69) is 8.92 Å². The molecule has 7 heteroatoms. The van der Waals surface area contributed by atoms with Crippen molar-refractivity contribution in [1.82, 2.24) is 0 Å². The lowest BCUT2D eigenvalue weighted by atomic mass is 10.3. The smallest absolute Gasteiger partial charge is 0.306 e. The van der Waals surface area contributed by atoms with E-state index in [1.54, 1.807) is 0 Å². The normalized spacial score (nSPS) is 10.6. The van der Waals surface area contributed by atoms with Crippen LogP contribution in [-0.2, 0) is 14.9 Å². The van der Waals surface area contributed by atoms with Crippen molar-refractivity contribution in [3.63, 3.8) is 0 Å². The summed E-state index contributed by atoms with van der Waals surface area (Å²) in [5.74, 6) is 0.462. The first-order chi connectivity index (χ1) is 7.46. The van der Waals surface area contributed by atoms with E-state index in [1.165, 1.54) is 25.3 Å². The molecule has 0 bridgehead atoms. The van der Waals surface area contributed by atoms with Crippen LogP contribution in [0.4, 0.5) is 0 Å². The van der Waals surface area contributed by atoms with Crippen LogP contribution in [0.15, 0.2) is 18.2 Å². The minimum absolute atomic E-state index is 0.0811. The van der Waals surface area contributed by atoms with Gasteiger partial charge in [0.25, 0.3) is 6.47 Å². The summed E-state index contributed by atoms with van der Waals surface area (Å²) in [5, 5.41) is 0. The number of benzene rings is 1. The molecule has 0 aliphatic carbocycles. The van der Waals surface area contributed by atoms with Gasteiger partial charge in [0, 0.05) is 6.07 Å². The van der Waals surface area contributed by atoms with Crippen LogP contribution in [0.1, 0.15) is 0 Å². The lowest BCUT2D eigenvalue weighted by molar-refractivity contribution is -0.120. The Morgan fingerprint density at radius 2 is 1.94 bits per heavy atom. The van der Waals surface area contributed by atoms with E-state index in [9.17, 15) is 13.2 Å². The molecule has 16 heavy (non-hydrogen) atoms. The molecule has 0 N–H and O–H groups in total. The quantitative estimate of drug-likeness (QED) is 0.558. The van der Waals surface area contributed by atoms with Crippen molar-refractivity contribution in [2.24, 2.45) is 0 Å². The van der Waals surface area contributed by atoms with E-state index in [-0.39, 0.29) is 23.7 Å². The average molecular weight is 246 g/mol. The lowest BCUT2D eigenvalue weighted by Gasteiger charge is -2.08. The molecule has 0 atom stereocenters. The number of methoxy groups -OCH3 is 1. The molecule has 1 aromatic rings. The minimum atomic E-state index is -3.59. The zero-order chi connectivity index (χ0) is 12.2. The molecule has 0 aliphatic rings. The fourth-order valence-corrected chi connectivity index (χ4v) is 1.48. The number of carbonyl (C=O) groups excluding carboxylic acids is 1. The third kappa shape index (κ3) is 3.43. The molecule has 0 fully saturated rings. The Bertz CT molecular complexity index is 479. The van der Waals surface area contributed by atoms with Crippen molar-refractivity contribution < 1.29 is 26.9 Å². The Morgan fingerprint density at radius 3 is 2.44 bits per heavy atom. The second-order valence-electron chi connectivity index (χ2n) is 2.81. The Labute approximate surface area is 92.9 Å². The molecule has 88 valence electrons. The molecule has 0 aliphatic heterocycles. The highest BCUT2D eigenvalue weighted by atomic mass is 32.2. The average Bonchev–Trinajstić information content (AvgIpc) is 2.18. The van der Waals surface area contributed by atoms with E-state index in [4.69, 9.17) is 4.74 Å². The lowest BCUT2D eigenvalue weighted by Crippen LogP contribution is -2.06. The molecule has 0 saturated heterocycles. The minimum Gasteiger partial charge on any atom is -0.493 e. The number of carbonyl (C=O) groups is 1. The maximum Gasteiger partial charge on any atom is 0.306 e. The van der Waals surface area contributed by atoms with Crippen molar-refractivity contribution in [3.8, 4) is 17.2 Å². The van der Waals surface area contributed by atoms with Crippen molar-refractivity contribution in [2.75, 3.05) is 13.4 Å². The molecule has 0 spiro atoms. The van der Waals surface area contributed by atoms with Gasteiger partial charge in [0.1, 0.15) is 5.75 Å². The predicted octanol–water partition coefficient (Wildman–Crippen LogP) is 0.569. The second-order valence-corrected chi connectivity index (χ2v) is 4.39. The van der Waals surface area contributed by atoms with Crippen LogP contribution < -0.4 is 13.7 Å². The van der Waals surface area contributed by atoms with Gasteiger partial charge in [-0.3, -0.25) is 4.79 Å². The Morgan fingerprint density at radius 1 is 1.25 bits per heavy atom. The van der Waals surface area contributed by atoms with E-state index >= 15 is 0 Å². The van der Waals surface area contributed by atoms with Crippen LogP contribution in [0.2, 0.25) is 0 Å². The third-order valence-corrected chi connectivity index (χ3v) is 2.05. The van der Waals surface area contributed by atoms with Gasteiger partial charge < -0.3 is 13.7 Å². The van der Waals surface area contributed by atoms with Gasteiger partial charge >= 0.3 is 10.1 Å². The van der Waals surface area contributed by atoms with Gasteiger partial charge in [-0.05, 0) is 12.1 Å². The Kier molecular flexibility index (Phi) is 3.73. The monoisotopic (exact) mass is 246 g/mol. The van der Waals surface area contributed by atoms with Crippen LogP contribution in [-0.4, -0.2) is 28.3 Å². The predicted molar refractivity (Wildman–Crippen MR) is 55.2 cm³/mol. The van der Waals surface area contributed by atoms with Crippen LogP contribution in [0.3, 0.4) is 0 Å². The van der Waals surface area contributed by atoms with Gasteiger partial charge in [-0.15, -0.1) is 0 Å². The fourth-order valence-electron chi connectivity index (χ4n) is 1.02. The summed E-state index contributed by atoms with van der Waals surface area (Å²) in [7, 11) is -2.23. The number of rotatable bonds is 5. The summed E-state index contributed by atoms with van der Waals surface area (Å²) in [5.41, 5.74) is 0. The number of hydrogen-bond donors (Lipinski definition) is 0. The Hall–Kier alpha value is -1.76. The van der Waals surface area contributed by atoms with Gasteiger partial charge in [-0.2, -0.15) is 8.42 Å². The second kappa shape index (κ2) is 4.84. The summed E-state index contributed by atoms with van der Waals surface area (Å²) in [6.45, 7) is 0.245. The zero-order valence-electron chi connectivity index (χ0n) is 8.67. The molecule has 0 saturated carbocycles. The van der Waals surface area contributed by atoms with E-state index < -0.39 is 10.1 Å². The fraction of sp³-hybridized carbons (Fsp3) is 0.222. The molecule has 6 nitrogen and oxygen atoms in total. The van der Waals surface area contributed by atoms with E-state index in [0.717, 1.165) is 6.26 Å². The largest absolute Gasteiger partial charge is 0.493 e. The van der Waals surface area contributed by atoms with Crippen LogP contribution in [0.25, 0.3) is 0 Å². The van der Waals surface area contributed by atoms with Gasteiger partial charge in [0.15, 0.2) is 11.5 Å². The molecule has 0 radical (unpaired) electrons. The summed E-state index contributed by atoms with van der Waals surface area (Å²) < 4.78 is 35.8. The standard InChI is InChI=1S/C9H10O6S/c1-13-9-5-7(15-16(2,11)12)3-4-8(9)14-6-10/h3-6H,1-2H3. The molecule has 0 heterocycles. The van der Waals surface area contributed by atoms with E-state index in [0.29, 0.717) is 0 Å². The van der Waals surface area contributed by atoms with Crippen molar-refractivity contribution in [1.29, 1.82) is 0 Å². The number of hydrogen-bond acceptors (Lipinski definition) is 6. The molecular weight excluding hydrogens is 236 g/mol. The molecule has 1 aromatic carbocycles. The molecule has 0 unspecified atom stereocenters. The topological polar surface area (TPSA) is 78.9 Å². The van der Waals surface area contributed by atoms with Gasteiger partial charge in [0.05, 0.1) is 13.4 Å². The van der Waals surface area contributed by atoms with Gasteiger partial charge in [-0.1, -0.05) is 0 Å². The summed E-state index contributed by atoms with van der Waals surface area (Å²) >= 11 is 0. The first-order valence-electron chi connectivity index (χ1n) is 4.14. The SMILES string of the molecule is COc1cc(OS(C)(=O)=O)ccc1OC=O. The van der Waals surface area contributed by atoms with Crippen molar-refractivity contribution in [2.45, 2.75) is 0 Å². The molecule has 0 aromatic heterocycles. The maximum atomic E-state index is 10.9. The molecular formula is C9H10O6S. The summed E-state index contributed by atoms with van der Waals surface area (Å²) in [4.78, 5) is 10.2. The molecule has 1 rings (SSSR count). The highest BCUT2D eigenvalue weighted by molar-refractivity contribution is 7.86. The highest BCUT2D eigenvalue weighted by Gasteiger charge is 2.09. The highest BCUT2D eigenvalue weighted by Crippen LogP contribution is 2.31. The zero-order valence-corrected chi connectivity index (χ0v) is 9.48. The van der Waals surface area contributed by atoms with Crippen LogP contribution >= 0.6 is 0 Å². The first-order valence-corrected chi connectivity index (χ1v) is 5.95. The summed E-state index contributed by atoms with van der Waals surface area (Å²) in [6.07, 6.45) is 0.926. The van der Waals surface area contributed by atoms with Gasteiger partial charge in [0.2, 0.25) is 0 Å². The van der Waals surface area contributed by atoms with Crippen LogP contribution in [0.5, 0.6) is 17.2 Å². The first kappa shape index (κ1) is 12.3. The molecule has 0 amide bonds. The Balaban J connectivity index is 3.03. The van der Waals surface area contributed by atoms with Gasteiger partial charge in [-0.25, -0.2) is 0 Å².